The summed E-state index contributed by atoms with van der Waals surface area (Å²) in [4.78, 5) is 273. The van der Waals surface area contributed by atoms with Crippen LogP contribution in [0.5, 0.6) is 0 Å². The summed E-state index contributed by atoms with van der Waals surface area (Å²) in [5, 5.41) is 93.8. The van der Waals surface area contributed by atoms with E-state index in [9.17, 15) is 121 Å². The number of rotatable bonds is 51. The highest BCUT2D eigenvalue weighted by molar-refractivity contribution is 7.98. The number of nitrogens with zero attached hydrogens (tertiary/aromatic N) is 2. The molecule has 3 saturated heterocycles. The molecule has 0 aromatic heterocycles. The molecule has 0 aliphatic carbocycles. The van der Waals surface area contributed by atoms with Crippen LogP contribution in [-0.2, 0) is 102 Å². The average molecular weight is 1820 g/mol. The summed E-state index contributed by atoms with van der Waals surface area (Å²) in [5.41, 5.74) is 5.92. The van der Waals surface area contributed by atoms with Crippen molar-refractivity contribution in [3.8, 4) is 0 Å². The van der Waals surface area contributed by atoms with Crippen molar-refractivity contribution in [2.24, 2.45) is 23.5 Å². The van der Waals surface area contributed by atoms with E-state index in [-0.39, 0.29) is 56.9 Å². The summed E-state index contributed by atoms with van der Waals surface area (Å²) in [7, 11) is 0. The van der Waals surface area contributed by atoms with Crippen LogP contribution in [0.1, 0.15) is 160 Å². The maximum absolute atomic E-state index is 14.3. The number of amides is 19. The number of hydrogen-bond donors (Lipinski definition) is 23. The summed E-state index contributed by atoms with van der Waals surface area (Å²) < 4.78 is 0. The van der Waals surface area contributed by atoms with Gasteiger partial charge in [0, 0.05) is 19.5 Å². The van der Waals surface area contributed by atoms with E-state index in [0.29, 0.717) is 37.8 Å². The molecule has 4 rings (SSSR count). The van der Waals surface area contributed by atoms with Crippen LogP contribution < -0.4 is 96.1 Å². The molecule has 3 heterocycles. The molecule has 127 heavy (non-hydrogen) atoms. The number of carboxylic acids is 1. The first-order valence-corrected chi connectivity index (χ1v) is 43.9. The molecule has 19 amide bonds. The number of hydrogen-bond acceptors (Lipinski definition) is 26. The van der Waals surface area contributed by atoms with E-state index in [1.165, 1.54) is 60.2 Å². The minimum Gasteiger partial charge on any atom is -0.480 e. The van der Waals surface area contributed by atoms with E-state index in [1.807, 2.05) is 0 Å². The predicted octanol–water partition coefficient (Wildman–Crippen LogP) is -8.34. The minimum atomic E-state index is -1.82. The molecule has 3 aliphatic heterocycles. The number of aliphatic hydroxyl groups excluding tert-OH is 4. The van der Waals surface area contributed by atoms with Crippen molar-refractivity contribution in [1.29, 1.82) is 0 Å². The molecule has 0 spiro atoms. The van der Waals surface area contributed by atoms with Crippen molar-refractivity contribution in [2.75, 3.05) is 51.4 Å². The van der Waals surface area contributed by atoms with Crippen molar-refractivity contribution in [3.05, 3.63) is 35.9 Å². The number of aliphatic carboxylic acids is 1. The van der Waals surface area contributed by atoms with Gasteiger partial charge in [0.15, 0.2) is 0 Å². The Morgan fingerprint density at radius 3 is 1.38 bits per heavy atom. The lowest BCUT2D eigenvalue weighted by atomic mass is 9.97. The highest BCUT2D eigenvalue weighted by atomic mass is 32.2. The lowest BCUT2D eigenvalue weighted by molar-refractivity contribution is -0.150. The summed E-state index contributed by atoms with van der Waals surface area (Å²) >= 11 is 1.29. The smallest absolute Gasteiger partial charge is 0.326 e. The van der Waals surface area contributed by atoms with Crippen LogP contribution in [0.25, 0.3) is 0 Å². The number of thioether (sulfide) groups is 1. The molecule has 3 aliphatic rings. The number of carboxylic acid groups (broad SMARTS) is 1. The molecule has 1 aromatic rings. The normalized spacial score (nSPS) is 19.1. The molecule has 3 fully saturated rings. The van der Waals surface area contributed by atoms with Crippen LogP contribution in [0.4, 0.5) is 0 Å². The number of benzene rings is 1. The number of nitrogens with two attached hydrogens (primary N) is 1. The zero-order chi connectivity index (χ0) is 95.5. The zero-order valence-electron chi connectivity index (χ0n) is 74.2. The predicted molar refractivity (Wildman–Crippen MR) is 457 cm³/mol. The Kier molecular flexibility index (Phi) is 44.9. The third-order valence-electron chi connectivity index (χ3n) is 21.5. The lowest BCUT2D eigenvalue weighted by Gasteiger charge is -2.30. The van der Waals surface area contributed by atoms with Gasteiger partial charge in [0.1, 0.15) is 103 Å². The third kappa shape index (κ3) is 34.1. The van der Waals surface area contributed by atoms with Gasteiger partial charge >= 0.3 is 5.97 Å². The van der Waals surface area contributed by atoms with E-state index >= 15 is 0 Å². The monoisotopic (exact) mass is 1810 g/mol. The van der Waals surface area contributed by atoms with Crippen molar-refractivity contribution in [3.63, 3.8) is 0 Å². The Bertz CT molecular complexity index is 4030. The number of nitrogens with one attached hydrogen (secondary N) is 17. The summed E-state index contributed by atoms with van der Waals surface area (Å²) in [5.74, 6) is -20.1. The topological polar surface area (TPSA) is 680 Å². The second-order valence-electron chi connectivity index (χ2n) is 32.9. The van der Waals surface area contributed by atoms with Gasteiger partial charge in [-0.15, -0.1) is 0 Å². The average Bonchev–Trinajstić information content (AvgIpc) is 1.71. The SMILES string of the molecule is CC[C@H](C)[C@H](NC(=O)[C@H](C)NC(=O)[C@@H]1CCCN1C(=O)[C@H](CC(N)=O)NC(=O)CNC(=O)[C@@H]1CCCN1)C(=O)N[C@@H](C)C(=O)N[C@@H](CO)C(=O)N[C@@H](CC(C)C)C(=O)N[C@@H](CCSC)C(=O)N[C@@H](C)C(=O)N[C@@H](Cc1ccccc1)C(=O)N[C@H](C(=O)N[C@@H](C)C(=O)N[C@@H](C)C(=O)N[C@H](C(=O)N[C@H](C(=O)N[C@@H](CO)C(=O)N1CCC[C@H]1C(=O)O)[C@@H](C)O)C(C)C)[C@@H](C)O. The number of aliphatic hydroxyl groups is 4. The number of carbonyl (C=O) groups excluding carboxylic acids is 19. The summed E-state index contributed by atoms with van der Waals surface area (Å²) in [6.45, 7) is 16.5. The van der Waals surface area contributed by atoms with Gasteiger partial charge in [-0.3, -0.25) is 91.1 Å². The maximum atomic E-state index is 14.3. The van der Waals surface area contributed by atoms with Gasteiger partial charge in [0.2, 0.25) is 112 Å². The fraction of sp³-hybridized carbons (Fsp3) is 0.679. The maximum Gasteiger partial charge on any atom is 0.326 e. The van der Waals surface area contributed by atoms with E-state index in [0.717, 1.165) is 30.1 Å². The van der Waals surface area contributed by atoms with Crippen molar-refractivity contribution < 1.29 is 121 Å². The molecule has 0 unspecified atom stereocenters. The Balaban J connectivity index is 1.37. The Morgan fingerprint density at radius 1 is 0.457 bits per heavy atom. The van der Waals surface area contributed by atoms with E-state index in [1.54, 1.807) is 64.3 Å². The fourth-order valence-electron chi connectivity index (χ4n) is 13.9. The van der Waals surface area contributed by atoms with Gasteiger partial charge in [0.05, 0.1) is 44.4 Å². The highest BCUT2D eigenvalue weighted by Gasteiger charge is 2.44. The van der Waals surface area contributed by atoms with Gasteiger partial charge in [-0.05, 0) is 142 Å². The molecule has 46 heteroatoms. The molecule has 1 aromatic carbocycles. The van der Waals surface area contributed by atoms with Gasteiger partial charge in [-0.2, -0.15) is 11.8 Å². The Labute approximate surface area is 740 Å². The quantitative estimate of drug-likeness (QED) is 0.0288. The van der Waals surface area contributed by atoms with Crippen LogP contribution in [0.3, 0.4) is 0 Å². The Morgan fingerprint density at radius 2 is 0.874 bits per heavy atom. The molecule has 24 N–H and O–H groups in total. The van der Waals surface area contributed by atoms with Crippen molar-refractivity contribution in [2.45, 2.75) is 282 Å². The molecule has 710 valence electrons. The second-order valence-corrected chi connectivity index (χ2v) is 33.8. The highest BCUT2D eigenvalue weighted by Crippen LogP contribution is 2.22. The van der Waals surface area contributed by atoms with Gasteiger partial charge < -0.3 is 131 Å². The molecule has 21 atom stereocenters. The van der Waals surface area contributed by atoms with E-state index in [2.05, 4.69) is 90.4 Å². The van der Waals surface area contributed by atoms with E-state index in [4.69, 9.17) is 5.73 Å². The largest absolute Gasteiger partial charge is 0.480 e. The van der Waals surface area contributed by atoms with Crippen LogP contribution in [-0.4, -0.2) is 326 Å². The number of carbonyl (C=O) groups is 20. The minimum absolute atomic E-state index is 0.0303. The first kappa shape index (κ1) is 108. The van der Waals surface area contributed by atoms with Crippen molar-refractivity contribution in [1.82, 2.24) is 100 Å². The summed E-state index contributed by atoms with van der Waals surface area (Å²) in [6.07, 6.45) is 0.00489. The summed E-state index contributed by atoms with van der Waals surface area (Å²) in [6, 6.07) is -17.5. The first-order chi connectivity index (χ1) is 59.7. The third-order valence-corrected chi connectivity index (χ3v) is 22.2. The molecular weight excluding hydrogens is 1690 g/mol. The van der Waals surface area contributed by atoms with E-state index < -0.39 is 277 Å². The fourth-order valence-corrected chi connectivity index (χ4v) is 14.4. The van der Waals surface area contributed by atoms with Crippen LogP contribution in [0, 0.1) is 17.8 Å². The van der Waals surface area contributed by atoms with Crippen LogP contribution >= 0.6 is 11.8 Å². The molecular formula is C81H130N20O25S. The molecule has 0 bridgehead atoms. The van der Waals surface area contributed by atoms with Crippen LogP contribution in [0.15, 0.2) is 30.3 Å². The number of primary amides is 1. The van der Waals surface area contributed by atoms with Gasteiger partial charge in [-0.25, -0.2) is 4.79 Å². The molecule has 0 radical (unpaired) electrons. The van der Waals surface area contributed by atoms with Gasteiger partial charge in [-0.1, -0.05) is 78.3 Å². The molecule has 0 saturated carbocycles. The second kappa shape index (κ2) is 52.8. The first-order valence-electron chi connectivity index (χ1n) is 42.5. The standard InChI is InChI=1S/C81H130N20O25S/c1-15-40(6)61(97-68(112)45(11)87-74(118)56-25-20-29-100(56)79(123)53(34-58(82)106)90-59(107)35-84-69(113)49-24-19-28-83-49)76(120)88-43(9)66(110)94-54(36-102)73(117)93-51(32-38(2)3)71(115)91-50(27-31-127-14)70(114)86-42(8)65(109)92-52(33-48-22-17-16-18-23-48)72(116)98-62(46(12)104)77(121)89-41(7)64(108)85-44(10)67(111)96-60(39(4)5)75(119)99-63(47(13)105)78(122)95-55(37-103)80(124)101-30-21-26-57(101)81(125)126/h16-18,22-23,38-47,49-57,60-63,83,102-105H,15,19-21,24-37H2,1-14H3,(H2,82,106)(H,84,113)(H,85,108)(H,86,114)(H,87,118)(H,88,120)(H,89,121)(H,90,107)(H,91,115)(H,92,109)(H,93,117)(H,94,110)(H,95,122)(H,96,111)(H,97,112)(H,98,116)(H,99,119)(H,125,126)/t40-,41-,42-,43-,44-,45-,46+,47+,49-,50-,51-,52-,53-,54-,55-,56-,57-,60-,61-,62-,63-/m0/s1. The Hall–Kier alpha value is -11.2. The number of likely N-dealkylation sites (tertiary alicyclic amines) is 2. The zero-order valence-corrected chi connectivity index (χ0v) is 75.0. The molecule has 45 nitrogen and oxygen atoms in total. The van der Waals surface area contributed by atoms with Crippen LogP contribution in [0.2, 0.25) is 0 Å². The lowest BCUT2D eigenvalue weighted by Crippen LogP contribution is -2.62. The van der Waals surface area contributed by atoms with Crippen molar-refractivity contribution >= 4 is 130 Å². The van der Waals surface area contributed by atoms with Gasteiger partial charge in [0.25, 0.3) is 0 Å².